The molecule has 1 aromatic rings. The molecule has 1 rings (SSSR count). The zero-order chi connectivity index (χ0) is 13.8. The summed E-state index contributed by atoms with van der Waals surface area (Å²) < 4.78 is 23.9. The molecule has 100 valence electrons. The number of benzene rings is 1. The molecule has 18 heavy (non-hydrogen) atoms. The van der Waals surface area contributed by atoms with Crippen LogP contribution in [-0.4, -0.2) is 19.2 Å². The maximum absolute atomic E-state index is 12.0. The van der Waals surface area contributed by atoms with Gasteiger partial charge in [0.25, 0.3) is 0 Å². The van der Waals surface area contributed by atoms with E-state index in [9.17, 15) is 8.42 Å². The predicted molar refractivity (Wildman–Crippen MR) is 78.4 cm³/mol. The van der Waals surface area contributed by atoms with Crippen LogP contribution in [0.4, 0.5) is 0 Å². The Balaban J connectivity index is 2.96. The summed E-state index contributed by atoms with van der Waals surface area (Å²) in [7, 11) is -3.15. The van der Waals surface area contributed by atoms with Crippen LogP contribution in [0, 0.1) is 5.92 Å². The topological polar surface area (TPSA) is 60.2 Å². The number of hydrogen-bond donors (Lipinski definition) is 1. The van der Waals surface area contributed by atoms with Gasteiger partial charge in [-0.15, -0.1) is 0 Å². The SMILES string of the molecule is CCCS(=O)(=O)c1cccc(CC(C)C(N)=S)c1. The minimum absolute atomic E-state index is 0.0733. The highest BCUT2D eigenvalue weighted by Crippen LogP contribution is 2.16. The van der Waals surface area contributed by atoms with E-state index in [2.05, 4.69) is 0 Å². The van der Waals surface area contributed by atoms with Gasteiger partial charge in [0, 0.05) is 5.92 Å². The average Bonchev–Trinajstić information content (AvgIpc) is 2.29. The summed E-state index contributed by atoms with van der Waals surface area (Å²) in [5.41, 5.74) is 6.52. The molecule has 3 nitrogen and oxygen atoms in total. The molecule has 2 N–H and O–H groups in total. The lowest BCUT2D eigenvalue weighted by molar-refractivity contribution is 0.594. The van der Waals surface area contributed by atoms with E-state index in [1.54, 1.807) is 18.2 Å². The van der Waals surface area contributed by atoms with Crippen LogP contribution < -0.4 is 5.73 Å². The molecular weight excluding hydrogens is 266 g/mol. The van der Waals surface area contributed by atoms with Crippen LogP contribution in [0.15, 0.2) is 29.2 Å². The molecule has 0 saturated carbocycles. The van der Waals surface area contributed by atoms with Crippen LogP contribution in [0.1, 0.15) is 25.8 Å². The molecule has 5 heteroatoms. The lowest BCUT2D eigenvalue weighted by atomic mass is 10.0. The summed E-state index contributed by atoms with van der Waals surface area (Å²) in [6.07, 6.45) is 1.29. The Morgan fingerprint density at radius 2 is 2.11 bits per heavy atom. The summed E-state index contributed by atoms with van der Waals surface area (Å²) in [5.74, 6) is 0.255. The van der Waals surface area contributed by atoms with Crippen molar-refractivity contribution in [3.8, 4) is 0 Å². The Hall–Kier alpha value is -0.940. The summed E-state index contributed by atoms with van der Waals surface area (Å²) in [6.45, 7) is 3.80. The Morgan fingerprint density at radius 3 is 2.67 bits per heavy atom. The molecule has 1 unspecified atom stereocenters. The van der Waals surface area contributed by atoms with Gasteiger partial charge in [0.2, 0.25) is 0 Å². The van der Waals surface area contributed by atoms with Gasteiger partial charge in [0.05, 0.1) is 15.6 Å². The van der Waals surface area contributed by atoms with E-state index in [4.69, 9.17) is 18.0 Å². The van der Waals surface area contributed by atoms with E-state index in [0.29, 0.717) is 22.7 Å². The molecule has 0 saturated heterocycles. The Labute approximate surface area is 114 Å². The smallest absolute Gasteiger partial charge is 0.178 e. The summed E-state index contributed by atoms with van der Waals surface area (Å²) in [5, 5.41) is 0. The van der Waals surface area contributed by atoms with E-state index in [1.165, 1.54) is 0 Å². The fraction of sp³-hybridized carbons (Fsp3) is 0.462. The highest BCUT2D eigenvalue weighted by Gasteiger charge is 2.14. The summed E-state index contributed by atoms with van der Waals surface area (Å²) in [4.78, 5) is 0.841. The largest absolute Gasteiger partial charge is 0.393 e. The van der Waals surface area contributed by atoms with Gasteiger partial charge in [0.15, 0.2) is 9.84 Å². The molecule has 1 atom stereocenters. The van der Waals surface area contributed by atoms with Crippen LogP contribution in [-0.2, 0) is 16.3 Å². The third-order valence-electron chi connectivity index (χ3n) is 2.76. The third kappa shape index (κ3) is 4.07. The van der Waals surface area contributed by atoms with E-state index in [-0.39, 0.29) is 11.7 Å². The van der Waals surface area contributed by atoms with Crippen LogP contribution in [0.5, 0.6) is 0 Å². The molecule has 0 spiro atoms. The van der Waals surface area contributed by atoms with Crippen molar-refractivity contribution in [2.45, 2.75) is 31.6 Å². The number of sulfone groups is 1. The second kappa shape index (κ2) is 6.29. The Morgan fingerprint density at radius 1 is 1.44 bits per heavy atom. The normalized spacial score (nSPS) is 13.2. The van der Waals surface area contributed by atoms with Crippen molar-refractivity contribution in [2.75, 3.05) is 5.75 Å². The minimum atomic E-state index is -3.15. The average molecular weight is 285 g/mol. The van der Waals surface area contributed by atoms with Crippen molar-refractivity contribution in [3.05, 3.63) is 29.8 Å². The van der Waals surface area contributed by atoms with Crippen LogP contribution in [0.2, 0.25) is 0 Å². The van der Waals surface area contributed by atoms with Gasteiger partial charge >= 0.3 is 0 Å². The van der Waals surface area contributed by atoms with Gasteiger partial charge in [-0.25, -0.2) is 8.42 Å². The minimum Gasteiger partial charge on any atom is -0.393 e. The first kappa shape index (κ1) is 15.1. The molecule has 0 heterocycles. The number of thiocarbonyl (C=S) groups is 1. The van der Waals surface area contributed by atoms with Gasteiger partial charge < -0.3 is 5.73 Å². The zero-order valence-electron chi connectivity index (χ0n) is 10.7. The maximum Gasteiger partial charge on any atom is 0.178 e. The standard InChI is InChI=1S/C13H19NO2S2/c1-3-7-18(15,16)12-6-4-5-11(9-12)8-10(2)13(14)17/h4-6,9-10H,3,7-8H2,1-2H3,(H2,14,17). The van der Waals surface area contributed by atoms with Crippen LogP contribution in [0.25, 0.3) is 0 Å². The molecule has 1 aromatic carbocycles. The fourth-order valence-corrected chi connectivity index (χ4v) is 3.18. The number of rotatable bonds is 6. The molecule has 0 aromatic heterocycles. The fourth-order valence-electron chi connectivity index (χ4n) is 1.71. The van der Waals surface area contributed by atoms with E-state index >= 15 is 0 Å². The van der Waals surface area contributed by atoms with Crippen LogP contribution in [0.3, 0.4) is 0 Å². The lowest BCUT2D eigenvalue weighted by Crippen LogP contribution is -2.20. The maximum atomic E-state index is 12.0. The van der Waals surface area contributed by atoms with Gasteiger partial charge in [-0.05, 0) is 30.5 Å². The van der Waals surface area contributed by atoms with Crippen molar-refractivity contribution in [3.63, 3.8) is 0 Å². The first-order valence-electron chi connectivity index (χ1n) is 5.98. The monoisotopic (exact) mass is 285 g/mol. The van der Waals surface area contributed by atoms with Crippen molar-refractivity contribution >= 4 is 27.0 Å². The van der Waals surface area contributed by atoms with E-state index in [0.717, 1.165) is 5.56 Å². The molecular formula is C13H19NO2S2. The van der Waals surface area contributed by atoms with Crippen molar-refractivity contribution < 1.29 is 8.42 Å². The van der Waals surface area contributed by atoms with Gasteiger partial charge in [-0.1, -0.05) is 38.2 Å². The highest BCUT2D eigenvalue weighted by molar-refractivity contribution is 7.91. The third-order valence-corrected chi connectivity index (χ3v) is 5.08. The van der Waals surface area contributed by atoms with Crippen molar-refractivity contribution in [1.82, 2.24) is 0 Å². The number of nitrogens with two attached hydrogens (primary N) is 1. The molecule has 0 aliphatic rings. The van der Waals surface area contributed by atoms with E-state index in [1.807, 2.05) is 19.9 Å². The molecule has 0 radical (unpaired) electrons. The lowest BCUT2D eigenvalue weighted by Gasteiger charge is -2.10. The highest BCUT2D eigenvalue weighted by atomic mass is 32.2. The summed E-state index contributed by atoms with van der Waals surface area (Å²) >= 11 is 4.92. The molecule has 0 amide bonds. The Kier molecular flexibility index (Phi) is 5.28. The molecule has 0 fully saturated rings. The molecule has 0 aliphatic heterocycles. The summed E-state index contributed by atoms with van der Waals surface area (Å²) in [6, 6.07) is 7.03. The van der Waals surface area contributed by atoms with Gasteiger partial charge in [-0.3, -0.25) is 0 Å². The van der Waals surface area contributed by atoms with Gasteiger partial charge in [0.1, 0.15) is 0 Å². The zero-order valence-corrected chi connectivity index (χ0v) is 12.4. The quantitative estimate of drug-likeness (QED) is 0.815. The molecule has 0 aliphatic carbocycles. The first-order valence-corrected chi connectivity index (χ1v) is 8.04. The van der Waals surface area contributed by atoms with Gasteiger partial charge in [-0.2, -0.15) is 0 Å². The molecule has 0 bridgehead atoms. The Bertz CT molecular complexity index is 524. The number of hydrogen-bond acceptors (Lipinski definition) is 3. The first-order chi connectivity index (χ1) is 8.36. The van der Waals surface area contributed by atoms with Crippen LogP contribution >= 0.6 is 12.2 Å². The van der Waals surface area contributed by atoms with Crippen molar-refractivity contribution in [2.24, 2.45) is 11.7 Å². The van der Waals surface area contributed by atoms with E-state index < -0.39 is 9.84 Å². The second-order valence-electron chi connectivity index (χ2n) is 4.47. The van der Waals surface area contributed by atoms with Crippen molar-refractivity contribution in [1.29, 1.82) is 0 Å². The second-order valence-corrected chi connectivity index (χ2v) is 7.05. The predicted octanol–water partition coefficient (Wildman–Crippen LogP) is 2.33.